The number of hydrogen-bond acceptors (Lipinski definition) is 4. The molecule has 1 aliphatic carbocycles. The lowest BCUT2D eigenvalue weighted by atomic mass is 9.95. The van der Waals surface area contributed by atoms with Crippen LogP contribution in [-0.2, 0) is 4.79 Å². The van der Waals surface area contributed by atoms with Crippen LogP contribution < -0.4 is 10.1 Å². The molecule has 29 heavy (non-hydrogen) atoms. The van der Waals surface area contributed by atoms with Crippen LogP contribution in [0.25, 0.3) is 16.9 Å². The van der Waals surface area contributed by atoms with Crippen molar-refractivity contribution in [3.8, 4) is 17.0 Å². The SMILES string of the molecule is CC(C)C(=O)Oc1ccc(-c2nc3ccc(Br)cn3c2NC2CCCCC2)cc1. The molecule has 0 saturated heterocycles. The Bertz CT molecular complexity index is 1000. The van der Waals surface area contributed by atoms with Crippen molar-refractivity contribution in [1.29, 1.82) is 0 Å². The summed E-state index contributed by atoms with van der Waals surface area (Å²) in [4.78, 5) is 16.7. The number of carbonyl (C=O) groups is 1. The highest BCUT2D eigenvalue weighted by Crippen LogP contribution is 2.33. The summed E-state index contributed by atoms with van der Waals surface area (Å²) in [5.74, 6) is 1.19. The van der Waals surface area contributed by atoms with Crippen molar-refractivity contribution in [3.05, 3.63) is 47.1 Å². The van der Waals surface area contributed by atoms with Crippen molar-refractivity contribution in [2.75, 3.05) is 5.32 Å². The van der Waals surface area contributed by atoms with Crippen molar-refractivity contribution in [2.24, 2.45) is 5.92 Å². The number of pyridine rings is 1. The monoisotopic (exact) mass is 455 g/mol. The van der Waals surface area contributed by atoms with Gasteiger partial charge in [-0.15, -0.1) is 0 Å². The molecular weight excluding hydrogens is 430 g/mol. The average Bonchev–Trinajstić information content (AvgIpc) is 3.07. The minimum atomic E-state index is -0.227. The number of imidazole rings is 1. The Kier molecular flexibility index (Phi) is 5.90. The van der Waals surface area contributed by atoms with Crippen molar-refractivity contribution in [3.63, 3.8) is 0 Å². The van der Waals surface area contributed by atoms with Crippen LogP contribution >= 0.6 is 15.9 Å². The summed E-state index contributed by atoms with van der Waals surface area (Å²) in [7, 11) is 0. The number of fused-ring (bicyclic) bond motifs is 1. The van der Waals surface area contributed by atoms with Crippen LogP contribution in [0.1, 0.15) is 46.0 Å². The molecule has 0 bridgehead atoms. The van der Waals surface area contributed by atoms with Gasteiger partial charge >= 0.3 is 5.97 Å². The van der Waals surface area contributed by atoms with Crippen LogP contribution in [0.5, 0.6) is 5.75 Å². The standard InChI is InChI=1S/C23H26BrN3O2/c1-15(2)23(28)29-19-11-8-16(9-12-19)21-22(25-18-6-4-3-5-7-18)27-14-17(24)10-13-20(27)26-21/h8-15,18,25H,3-7H2,1-2H3. The summed E-state index contributed by atoms with van der Waals surface area (Å²) in [6, 6.07) is 12.1. The molecule has 1 aliphatic rings. The minimum Gasteiger partial charge on any atom is -0.426 e. The highest BCUT2D eigenvalue weighted by atomic mass is 79.9. The Morgan fingerprint density at radius 2 is 1.86 bits per heavy atom. The molecule has 1 aromatic carbocycles. The van der Waals surface area contributed by atoms with Gasteiger partial charge in [0.1, 0.15) is 22.9 Å². The quantitative estimate of drug-likeness (QED) is 0.374. The molecule has 152 valence electrons. The van der Waals surface area contributed by atoms with Gasteiger partial charge in [0.25, 0.3) is 0 Å². The molecule has 5 nitrogen and oxygen atoms in total. The lowest BCUT2D eigenvalue weighted by molar-refractivity contribution is -0.137. The summed E-state index contributed by atoms with van der Waals surface area (Å²) in [6.45, 7) is 3.66. The molecule has 0 unspecified atom stereocenters. The van der Waals surface area contributed by atoms with Gasteiger partial charge in [-0.1, -0.05) is 33.1 Å². The molecule has 4 rings (SSSR count). The Labute approximate surface area is 179 Å². The predicted octanol–water partition coefficient (Wildman–Crippen LogP) is 6.07. The predicted molar refractivity (Wildman–Crippen MR) is 119 cm³/mol. The first-order chi connectivity index (χ1) is 14.0. The second kappa shape index (κ2) is 8.57. The van der Waals surface area contributed by atoms with Gasteiger partial charge in [-0.25, -0.2) is 4.98 Å². The van der Waals surface area contributed by atoms with E-state index in [2.05, 4.69) is 31.8 Å². The van der Waals surface area contributed by atoms with E-state index in [4.69, 9.17) is 9.72 Å². The smallest absolute Gasteiger partial charge is 0.313 e. The Morgan fingerprint density at radius 3 is 2.55 bits per heavy atom. The number of ether oxygens (including phenoxy) is 1. The number of hydrogen-bond donors (Lipinski definition) is 1. The summed E-state index contributed by atoms with van der Waals surface area (Å²) < 4.78 is 8.53. The lowest BCUT2D eigenvalue weighted by Crippen LogP contribution is -2.23. The number of nitrogens with zero attached hydrogens (tertiary/aromatic N) is 2. The summed E-state index contributed by atoms with van der Waals surface area (Å²) in [5.41, 5.74) is 2.81. The molecule has 0 atom stereocenters. The molecule has 0 radical (unpaired) electrons. The zero-order valence-corrected chi connectivity index (χ0v) is 18.4. The highest BCUT2D eigenvalue weighted by Gasteiger charge is 2.20. The Hall–Kier alpha value is -2.34. The number of halogens is 1. The van der Waals surface area contributed by atoms with Crippen LogP contribution in [0.15, 0.2) is 47.1 Å². The van der Waals surface area contributed by atoms with Gasteiger partial charge in [0.05, 0.1) is 5.92 Å². The van der Waals surface area contributed by atoms with E-state index in [1.807, 2.05) is 50.2 Å². The maximum absolute atomic E-state index is 11.8. The van der Waals surface area contributed by atoms with Gasteiger partial charge < -0.3 is 10.1 Å². The van der Waals surface area contributed by atoms with Crippen molar-refractivity contribution >= 4 is 33.4 Å². The molecule has 6 heteroatoms. The molecule has 2 heterocycles. The van der Waals surface area contributed by atoms with E-state index in [-0.39, 0.29) is 11.9 Å². The normalized spacial score (nSPS) is 15.0. The summed E-state index contributed by atoms with van der Waals surface area (Å²) in [6.07, 6.45) is 8.28. The highest BCUT2D eigenvalue weighted by molar-refractivity contribution is 9.10. The molecule has 3 aromatic rings. The van der Waals surface area contributed by atoms with Crippen LogP contribution in [0, 0.1) is 5.92 Å². The third kappa shape index (κ3) is 4.47. The van der Waals surface area contributed by atoms with Gasteiger partial charge in [-0.2, -0.15) is 0 Å². The molecule has 0 aliphatic heterocycles. The fourth-order valence-electron chi connectivity index (χ4n) is 3.71. The topological polar surface area (TPSA) is 55.6 Å². The average molecular weight is 456 g/mol. The Balaban J connectivity index is 1.68. The van der Waals surface area contributed by atoms with Gasteiger partial charge in [-0.05, 0) is 65.2 Å². The fraction of sp³-hybridized carbons (Fsp3) is 0.391. The fourth-order valence-corrected chi connectivity index (χ4v) is 4.05. The third-order valence-corrected chi connectivity index (χ3v) is 5.82. The second-order valence-corrected chi connectivity index (χ2v) is 8.88. The van der Waals surface area contributed by atoms with Crippen molar-refractivity contribution in [1.82, 2.24) is 9.38 Å². The van der Waals surface area contributed by atoms with E-state index in [1.54, 1.807) is 0 Å². The first-order valence-electron chi connectivity index (χ1n) is 10.3. The first kappa shape index (κ1) is 20.0. The van der Waals surface area contributed by atoms with Crippen molar-refractivity contribution < 1.29 is 9.53 Å². The number of carbonyl (C=O) groups excluding carboxylic acids is 1. The van der Waals surface area contributed by atoms with Crippen molar-refractivity contribution in [2.45, 2.75) is 52.0 Å². The molecule has 1 saturated carbocycles. The zero-order chi connectivity index (χ0) is 20.4. The molecule has 1 N–H and O–H groups in total. The van der Waals surface area contributed by atoms with Crippen LogP contribution in [0.4, 0.5) is 5.82 Å². The van der Waals surface area contributed by atoms with E-state index in [0.29, 0.717) is 11.8 Å². The number of benzene rings is 1. The summed E-state index contributed by atoms with van der Waals surface area (Å²) >= 11 is 3.58. The molecule has 0 spiro atoms. The zero-order valence-electron chi connectivity index (χ0n) is 16.8. The molecule has 2 aromatic heterocycles. The van der Waals surface area contributed by atoms with E-state index in [9.17, 15) is 4.79 Å². The second-order valence-electron chi connectivity index (χ2n) is 7.96. The van der Waals surface area contributed by atoms with Gasteiger partial charge in [0.15, 0.2) is 0 Å². The number of aromatic nitrogens is 2. The molecule has 0 amide bonds. The first-order valence-corrected chi connectivity index (χ1v) is 11.1. The van der Waals surface area contributed by atoms with E-state index >= 15 is 0 Å². The Morgan fingerprint density at radius 1 is 1.14 bits per heavy atom. The minimum absolute atomic E-state index is 0.155. The number of rotatable bonds is 5. The lowest BCUT2D eigenvalue weighted by Gasteiger charge is -2.24. The van der Waals surface area contributed by atoms with Gasteiger partial charge in [-0.3, -0.25) is 9.20 Å². The van der Waals surface area contributed by atoms with Crippen LogP contribution in [0.2, 0.25) is 0 Å². The maximum Gasteiger partial charge on any atom is 0.313 e. The largest absolute Gasteiger partial charge is 0.426 e. The van der Waals surface area contributed by atoms with Gasteiger partial charge in [0, 0.05) is 22.3 Å². The number of esters is 1. The summed E-state index contributed by atoms with van der Waals surface area (Å²) in [5, 5.41) is 3.75. The molecule has 1 fully saturated rings. The van der Waals surface area contributed by atoms with E-state index in [0.717, 1.165) is 27.2 Å². The third-order valence-electron chi connectivity index (χ3n) is 5.35. The molecular formula is C23H26BrN3O2. The maximum atomic E-state index is 11.8. The van der Waals surface area contributed by atoms with Gasteiger partial charge in [0.2, 0.25) is 0 Å². The number of anilines is 1. The van der Waals surface area contributed by atoms with Crippen LogP contribution in [0.3, 0.4) is 0 Å². The van der Waals surface area contributed by atoms with E-state index in [1.165, 1.54) is 32.1 Å². The van der Waals surface area contributed by atoms with E-state index < -0.39 is 0 Å². The van der Waals surface area contributed by atoms with Crippen LogP contribution in [-0.4, -0.2) is 21.4 Å². The number of nitrogens with one attached hydrogen (secondary N) is 1.